The fourth-order valence-electron chi connectivity index (χ4n) is 3.43. The summed E-state index contributed by atoms with van der Waals surface area (Å²) in [6, 6.07) is 16.6. The van der Waals surface area contributed by atoms with Gasteiger partial charge in [0.2, 0.25) is 5.91 Å². The van der Waals surface area contributed by atoms with E-state index in [-0.39, 0.29) is 11.2 Å². The molecular weight excluding hydrogens is 342 g/mol. The molecule has 0 saturated carbocycles. The molecule has 0 bridgehead atoms. The van der Waals surface area contributed by atoms with Crippen molar-refractivity contribution in [2.45, 2.75) is 37.1 Å². The first kappa shape index (κ1) is 17.2. The Morgan fingerprint density at radius 3 is 2.50 bits per heavy atom. The molecule has 2 heterocycles. The summed E-state index contributed by atoms with van der Waals surface area (Å²) in [4.78, 5) is 19.5. The van der Waals surface area contributed by atoms with Crippen LogP contribution in [0.3, 0.4) is 0 Å². The molecule has 0 spiro atoms. The minimum atomic E-state index is -0.144. The maximum absolute atomic E-state index is 12.7. The molecule has 4 rings (SSSR count). The Morgan fingerprint density at radius 2 is 1.77 bits per heavy atom. The molecule has 1 amide bonds. The molecule has 0 aliphatic carbocycles. The number of aromatic nitrogens is 2. The largest absolute Gasteiger partial charge is 0.342 e. The van der Waals surface area contributed by atoms with Gasteiger partial charge in [0, 0.05) is 18.8 Å². The van der Waals surface area contributed by atoms with Crippen LogP contribution in [0, 0.1) is 6.92 Å². The van der Waals surface area contributed by atoms with Gasteiger partial charge in [-0.1, -0.05) is 41.6 Å². The van der Waals surface area contributed by atoms with E-state index in [0.29, 0.717) is 0 Å². The lowest BCUT2D eigenvalue weighted by Gasteiger charge is -2.20. The SMILES string of the molecule is Cc1ccc(-n2c(SC(C)C(=O)N3CCCC3)nc3ccccc32)cc1. The molecular formula is C21H23N3OS. The quantitative estimate of drug-likeness (QED) is 0.642. The van der Waals surface area contributed by atoms with Gasteiger partial charge in [0.05, 0.1) is 16.3 Å². The number of hydrogen-bond acceptors (Lipinski definition) is 3. The molecule has 1 aliphatic rings. The molecule has 1 unspecified atom stereocenters. The summed E-state index contributed by atoms with van der Waals surface area (Å²) >= 11 is 1.55. The van der Waals surface area contributed by atoms with E-state index in [0.717, 1.165) is 47.8 Å². The number of thioether (sulfide) groups is 1. The van der Waals surface area contributed by atoms with Gasteiger partial charge in [0.25, 0.3) is 0 Å². The van der Waals surface area contributed by atoms with Crippen LogP contribution < -0.4 is 0 Å². The fraction of sp³-hybridized carbons (Fsp3) is 0.333. The Morgan fingerprint density at radius 1 is 1.08 bits per heavy atom. The number of rotatable bonds is 4. The van der Waals surface area contributed by atoms with Crippen molar-refractivity contribution in [1.29, 1.82) is 0 Å². The summed E-state index contributed by atoms with van der Waals surface area (Å²) in [7, 11) is 0. The van der Waals surface area contributed by atoms with Gasteiger partial charge in [-0.2, -0.15) is 0 Å². The number of carbonyl (C=O) groups excluding carboxylic acids is 1. The van der Waals surface area contributed by atoms with Gasteiger partial charge in [-0.05, 0) is 51.0 Å². The molecule has 0 radical (unpaired) electrons. The molecule has 1 atom stereocenters. The van der Waals surface area contributed by atoms with Crippen molar-refractivity contribution in [3.05, 3.63) is 54.1 Å². The standard InChI is InChI=1S/C21H23N3OS/c1-15-9-11-17(12-10-15)24-19-8-4-3-7-18(19)22-21(24)26-16(2)20(25)23-13-5-6-14-23/h3-4,7-12,16H,5-6,13-14H2,1-2H3. The summed E-state index contributed by atoms with van der Waals surface area (Å²) in [5, 5.41) is 0.726. The molecule has 1 fully saturated rings. The number of benzene rings is 2. The monoisotopic (exact) mass is 365 g/mol. The van der Waals surface area contributed by atoms with Gasteiger partial charge in [-0.15, -0.1) is 0 Å². The molecule has 4 nitrogen and oxygen atoms in total. The Bertz CT molecular complexity index is 926. The predicted octanol–water partition coefficient (Wildman–Crippen LogP) is 4.44. The number of likely N-dealkylation sites (tertiary alicyclic amines) is 1. The highest BCUT2D eigenvalue weighted by atomic mass is 32.2. The molecule has 3 aromatic rings. The normalized spacial score (nSPS) is 15.5. The first-order valence-corrected chi connectivity index (χ1v) is 10.0. The van der Waals surface area contributed by atoms with Crippen molar-refractivity contribution in [1.82, 2.24) is 14.5 Å². The van der Waals surface area contributed by atoms with Crippen molar-refractivity contribution >= 4 is 28.7 Å². The summed E-state index contributed by atoms with van der Waals surface area (Å²) in [6.45, 7) is 5.85. The zero-order valence-corrected chi connectivity index (χ0v) is 16.0. The zero-order chi connectivity index (χ0) is 18.1. The summed E-state index contributed by atoms with van der Waals surface area (Å²) in [6.07, 6.45) is 2.23. The molecule has 1 aromatic heterocycles. The summed E-state index contributed by atoms with van der Waals surface area (Å²) < 4.78 is 2.16. The van der Waals surface area contributed by atoms with Crippen molar-refractivity contribution in [3.63, 3.8) is 0 Å². The van der Waals surface area contributed by atoms with Crippen LogP contribution in [-0.2, 0) is 4.79 Å². The second-order valence-electron chi connectivity index (χ2n) is 6.85. The third kappa shape index (κ3) is 3.23. The number of imidazole rings is 1. The fourth-order valence-corrected chi connectivity index (χ4v) is 4.46. The third-order valence-electron chi connectivity index (χ3n) is 4.87. The maximum atomic E-state index is 12.7. The van der Waals surface area contributed by atoms with E-state index in [1.54, 1.807) is 11.8 Å². The van der Waals surface area contributed by atoms with Crippen LogP contribution in [0.5, 0.6) is 0 Å². The van der Waals surface area contributed by atoms with Crippen molar-refractivity contribution < 1.29 is 4.79 Å². The zero-order valence-electron chi connectivity index (χ0n) is 15.2. The minimum Gasteiger partial charge on any atom is -0.342 e. The Kier molecular flexibility index (Phi) is 4.72. The summed E-state index contributed by atoms with van der Waals surface area (Å²) in [5.41, 5.74) is 4.33. The highest BCUT2D eigenvalue weighted by Gasteiger charge is 2.26. The van der Waals surface area contributed by atoms with Gasteiger partial charge in [-0.3, -0.25) is 9.36 Å². The number of hydrogen-bond donors (Lipinski definition) is 0. The number of para-hydroxylation sites is 2. The molecule has 26 heavy (non-hydrogen) atoms. The van der Waals surface area contributed by atoms with E-state index in [9.17, 15) is 4.79 Å². The topological polar surface area (TPSA) is 38.1 Å². The maximum Gasteiger partial charge on any atom is 0.235 e. The lowest BCUT2D eigenvalue weighted by Crippen LogP contribution is -2.34. The molecule has 1 aliphatic heterocycles. The first-order chi connectivity index (χ1) is 12.6. The third-order valence-corrected chi connectivity index (χ3v) is 5.91. The van der Waals surface area contributed by atoms with Gasteiger partial charge in [0.1, 0.15) is 0 Å². The number of amides is 1. The van der Waals surface area contributed by atoms with Crippen LogP contribution in [0.15, 0.2) is 53.7 Å². The number of fused-ring (bicyclic) bond motifs is 1. The van der Waals surface area contributed by atoms with Gasteiger partial charge < -0.3 is 4.90 Å². The van der Waals surface area contributed by atoms with Crippen LogP contribution in [0.2, 0.25) is 0 Å². The molecule has 1 saturated heterocycles. The van der Waals surface area contributed by atoms with E-state index in [4.69, 9.17) is 4.98 Å². The highest BCUT2D eigenvalue weighted by molar-refractivity contribution is 8.00. The highest BCUT2D eigenvalue weighted by Crippen LogP contribution is 2.31. The van der Waals surface area contributed by atoms with Crippen LogP contribution in [-0.4, -0.2) is 38.7 Å². The van der Waals surface area contributed by atoms with Crippen molar-refractivity contribution in [3.8, 4) is 5.69 Å². The molecule has 2 aromatic carbocycles. The molecule has 0 N–H and O–H groups in total. The Hall–Kier alpha value is -2.27. The smallest absolute Gasteiger partial charge is 0.235 e. The van der Waals surface area contributed by atoms with Crippen LogP contribution in [0.4, 0.5) is 0 Å². The van der Waals surface area contributed by atoms with Crippen molar-refractivity contribution in [2.75, 3.05) is 13.1 Å². The Balaban J connectivity index is 1.71. The van der Waals surface area contributed by atoms with E-state index < -0.39 is 0 Å². The van der Waals surface area contributed by atoms with E-state index in [1.165, 1.54) is 5.56 Å². The average molecular weight is 366 g/mol. The van der Waals surface area contributed by atoms with Gasteiger partial charge in [0.15, 0.2) is 5.16 Å². The molecule has 5 heteroatoms. The van der Waals surface area contributed by atoms with Crippen molar-refractivity contribution in [2.24, 2.45) is 0 Å². The second kappa shape index (κ2) is 7.16. The lowest BCUT2D eigenvalue weighted by atomic mass is 10.2. The molecule has 134 valence electrons. The first-order valence-electron chi connectivity index (χ1n) is 9.13. The van der Waals surface area contributed by atoms with Crippen LogP contribution in [0.25, 0.3) is 16.7 Å². The number of nitrogens with zero attached hydrogens (tertiary/aromatic N) is 3. The van der Waals surface area contributed by atoms with Crippen LogP contribution >= 0.6 is 11.8 Å². The second-order valence-corrected chi connectivity index (χ2v) is 8.15. The van der Waals surface area contributed by atoms with E-state index in [2.05, 4.69) is 41.8 Å². The number of carbonyl (C=O) groups is 1. The summed E-state index contributed by atoms with van der Waals surface area (Å²) in [5.74, 6) is 0.218. The van der Waals surface area contributed by atoms with Crippen LogP contribution in [0.1, 0.15) is 25.3 Å². The van der Waals surface area contributed by atoms with E-state index in [1.807, 2.05) is 30.0 Å². The number of aryl methyl sites for hydroxylation is 1. The van der Waals surface area contributed by atoms with Gasteiger partial charge in [-0.25, -0.2) is 4.98 Å². The Labute approximate surface area is 158 Å². The van der Waals surface area contributed by atoms with Gasteiger partial charge >= 0.3 is 0 Å². The predicted molar refractivity (Wildman–Crippen MR) is 107 cm³/mol. The minimum absolute atomic E-state index is 0.144. The average Bonchev–Trinajstić information content (AvgIpc) is 3.29. The van der Waals surface area contributed by atoms with E-state index >= 15 is 0 Å². The lowest BCUT2D eigenvalue weighted by molar-refractivity contribution is -0.129.